The van der Waals surface area contributed by atoms with Crippen molar-refractivity contribution in [2.24, 2.45) is 5.10 Å². The number of aryl methyl sites for hydroxylation is 2. The standard InChI is InChI=1S/C17H20N6S/c1-4-16-19-20-17(24)23(16)18-10-15-12(2)21-22(13(15)3)11-14-8-6-5-7-9-14/h5-10H,4,11H2,1-3H3,(H,20,24)/b18-10+. The van der Waals surface area contributed by atoms with E-state index in [0.29, 0.717) is 4.77 Å². The van der Waals surface area contributed by atoms with Gasteiger partial charge in [-0.15, -0.1) is 0 Å². The van der Waals surface area contributed by atoms with Crippen molar-refractivity contribution in [1.82, 2.24) is 24.7 Å². The van der Waals surface area contributed by atoms with Gasteiger partial charge in [0.05, 0.1) is 18.5 Å². The Bertz CT molecular complexity index is 916. The fourth-order valence-electron chi connectivity index (χ4n) is 2.60. The summed E-state index contributed by atoms with van der Waals surface area (Å²) in [6, 6.07) is 10.3. The van der Waals surface area contributed by atoms with Crippen LogP contribution in [-0.4, -0.2) is 30.9 Å². The highest BCUT2D eigenvalue weighted by Gasteiger charge is 2.10. The normalized spacial score (nSPS) is 11.5. The van der Waals surface area contributed by atoms with Crippen LogP contribution in [0.3, 0.4) is 0 Å². The lowest BCUT2D eigenvalue weighted by molar-refractivity contribution is 0.659. The number of rotatable bonds is 5. The van der Waals surface area contributed by atoms with Crippen molar-refractivity contribution in [2.45, 2.75) is 33.7 Å². The number of nitrogens with one attached hydrogen (secondary N) is 1. The van der Waals surface area contributed by atoms with Crippen molar-refractivity contribution < 1.29 is 0 Å². The fourth-order valence-corrected chi connectivity index (χ4v) is 2.79. The van der Waals surface area contributed by atoms with Crippen LogP contribution in [0, 0.1) is 18.6 Å². The van der Waals surface area contributed by atoms with Crippen LogP contribution >= 0.6 is 12.2 Å². The molecule has 0 radical (unpaired) electrons. The third kappa shape index (κ3) is 3.21. The molecule has 3 rings (SSSR count). The molecule has 24 heavy (non-hydrogen) atoms. The molecule has 0 aliphatic rings. The maximum Gasteiger partial charge on any atom is 0.216 e. The summed E-state index contributed by atoms with van der Waals surface area (Å²) in [5.41, 5.74) is 4.25. The summed E-state index contributed by atoms with van der Waals surface area (Å²) in [5.74, 6) is 0.809. The van der Waals surface area contributed by atoms with Crippen LogP contribution in [0.25, 0.3) is 0 Å². The van der Waals surface area contributed by atoms with Crippen molar-refractivity contribution in [3.63, 3.8) is 0 Å². The van der Waals surface area contributed by atoms with Crippen LogP contribution in [0.2, 0.25) is 0 Å². The zero-order valence-electron chi connectivity index (χ0n) is 14.0. The van der Waals surface area contributed by atoms with E-state index in [1.165, 1.54) is 5.56 Å². The Morgan fingerprint density at radius 2 is 2.00 bits per heavy atom. The lowest BCUT2D eigenvalue weighted by Gasteiger charge is -2.04. The van der Waals surface area contributed by atoms with Gasteiger partial charge in [0, 0.05) is 17.7 Å². The second-order valence-corrected chi connectivity index (χ2v) is 5.97. The summed E-state index contributed by atoms with van der Waals surface area (Å²) >= 11 is 5.22. The van der Waals surface area contributed by atoms with Crippen LogP contribution in [0.4, 0.5) is 0 Å². The molecular weight excluding hydrogens is 320 g/mol. The molecule has 0 aliphatic heterocycles. The van der Waals surface area contributed by atoms with E-state index >= 15 is 0 Å². The van der Waals surface area contributed by atoms with Gasteiger partial charge < -0.3 is 0 Å². The maximum absolute atomic E-state index is 5.22. The van der Waals surface area contributed by atoms with E-state index in [0.717, 1.165) is 35.7 Å². The SMILES string of the molecule is CCc1n[nH]c(=S)n1/N=C/c1c(C)nn(Cc2ccccc2)c1C. The average Bonchev–Trinajstić information content (AvgIpc) is 3.07. The number of H-pyrrole nitrogens is 1. The van der Waals surface area contributed by atoms with Gasteiger partial charge in [0.1, 0.15) is 0 Å². The van der Waals surface area contributed by atoms with E-state index in [1.807, 2.05) is 42.9 Å². The summed E-state index contributed by atoms with van der Waals surface area (Å²) < 4.78 is 4.15. The molecule has 3 aromatic rings. The first-order chi connectivity index (χ1) is 11.6. The molecule has 0 fully saturated rings. The van der Waals surface area contributed by atoms with Gasteiger partial charge in [-0.2, -0.15) is 20.0 Å². The van der Waals surface area contributed by atoms with E-state index in [4.69, 9.17) is 12.2 Å². The first-order valence-corrected chi connectivity index (χ1v) is 8.29. The fraction of sp³-hybridized carbons (Fsp3) is 0.294. The summed E-state index contributed by atoms with van der Waals surface area (Å²) in [4.78, 5) is 0. The quantitative estimate of drug-likeness (QED) is 0.573. The highest BCUT2D eigenvalue weighted by Crippen LogP contribution is 2.13. The van der Waals surface area contributed by atoms with E-state index in [2.05, 4.69) is 39.5 Å². The molecule has 0 bridgehead atoms. The van der Waals surface area contributed by atoms with Crippen molar-refractivity contribution in [2.75, 3.05) is 0 Å². The van der Waals surface area contributed by atoms with Gasteiger partial charge in [-0.05, 0) is 31.6 Å². The van der Waals surface area contributed by atoms with Crippen LogP contribution in [-0.2, 0) is 13.0 Å². The Kier molecular flexibility index (Phi) is 4.71. The van der Waals surface area contributed by atoms with Gasteiger partial charge in [-0.1, -0.05) is 37.3 Å². The zero-order valence-corrected chi connectivity index (χ0v) is 14.8. The maximum atomic E-state index is 5.22. The molecule has 2 aromatic heterocycles. The Labute approximate surface area is 145 Å². The number of benzene rings is 1. The predicted molar refractivity (Wildman–Crippen MR) is 97.0 cm³/mol. The van der Waals surface area contributed by atoms with Crippen molar-refractivity contribution >= 4 is 18.4 Å². The predicted octanol–water partition coefficient (Wildman–Crippen LogP) is 3.25. The summed E-state index contributed by atoms with van der Waals surface area (Å²) in [7, 11) is 0. The lowest BCUT2D eigenvalue weighted by atomic mass is 10.2. The molecule has 1 aromatic carbocycles. The molecule has 0 atom stereocenters. The largest absolute Gasteiger partial charge is 0.265 e. The first kappa shape index (κ1) is 16.3. The molecule has 6 nitrogen and oxygen atoms in total. The number of aromatic nitrogens is 5. The van der Waals surface area contributed by atoms with Gasteiger partial charge in [0.15, 0.2) is 5.82 Å². The Morgan fingerprint density at radius 1 is 1.25 bits per heavy atom. The summed E-state index contributed by atoms with van der Waals surface area (Å²) in [6.45, 7) is 6.81. The molecule has 0 spiro atoms. The monoisotopic (exact) mass is 340 g/mol. The smallest absolute Gasteiger partial charge is 0.216 e. The minimum absolute atomic E-state index is 0.495. The van der Waals surface area contributed by atoms with Crippen LogP contribution < -0.4 is 0 Å². The summed E-state index contributed by atoms with van der Waals surface area (Å²) in [5, 5.41) is 16.1. The van der Waals surface area contributed by atoms with E-state index in [1.54, 1.807) is 4.68 Å². The van der Waals surface area contributed by atoms with Crippen LogP contribution in [0.1, 0.15) is 35.3 Å². The summed E-state index contributed by atoms with van der Waals surface area (Å²) in [6.07, 6.45) is 2.57. The molecule has 0 aliphatic carbocycles. The number of hydrogen-bond donors (Lipinski definition) is 1. The minimum atomic E-state index is 0.495. The third-order valence-electron chi connectivity index (χ3n) is 3.95. The second kappa shape index (κ2) is 6.92. The molecule has 0 unspecified atom stereocenters. The van der Waals surface area contributed by atoms with Crippen molar-refractivity contribution in [1.29, 1.82) is 0 Å². The topological polar surface area (TPSA) is 63.8 Å². The highest BCUT2D eigenvalue weighted by atomic mass is 32.1. The van der Waals surface area contributed by atoms with Gasteiger partial charge >= 0.3 is 0 Å². The molecule has 0 amide bonds. The molecule has 1 N–H and O–H groups in total. The Balaban J connectivity index is 1.91. The Morgan fingerprint density at radius 3 is 2.71 bits per heavy atom. The molecule has 2 heterocycles. The lowest BCUT2D eigenvalue weighted by Crippen LogP contribution is -2.04. The van der Waals surface area contributed by atoms with Gasteiger partial charge in [0.25, 0.3) is 0 Å². The van der Waals surface area contributed by atoms with Crippen molar-refractivity contribution in [3.05, 3.63) is 63.4 Å². The molecule has 0 saturated heterocycles. The van der Waals surface area contributed by atoms with E-state index in [-0.39, 0.29) is 0 Å². The van der Waals surface area contributed by atoms with E-state index < -0.39 is 0 Å². The van der Waals surface area contributed by atoms with Gasteiger partial charge in [-0.3, -0.25) is 9.78 Å². The molecular formula is C17H20N6S. The van der Waals surface area contributed by atoms with Crippen LogP contribution in [0.15, 0.2) is 35.4 Å². The number of hydrogen-bond acceptors (Lipinski definition) is 4. The Hall–Kier alpha value is -2.54. The molecule has 124 valence electrons. The minimum Gasteiger partial charge on any atom is -0.265 e. The molecule has 7 heteroatoms. The number of aromatic amines is 1. The van der Waals surface area contributed by atoms with Crippen molar-refractivity contribution in [3.8, 4) is 0 Å². The number of nitrogens with zero attached hydrogens (tertiary/aromatic N) is 5. The molecule has 0 saturated carbocycles. The average molecular weight is 340 g/mol. The van der Waals surface area contributed by atoms with Gasteiger partial charge in [0.2, 0.25) is 4.77 Å². The van der Waals surface area contributed by atoms with E-state index in [9.17, 15) is 0 Å². The highest BCUT2D eigenvalue weighted by molar-refractivity contribution is 7.71. The third-order valence-corrected chi connectivity index (χ3v) is 4.21. The van der Waals surface area contributed by atoms with Gasteiger partial charge in [-0.25, -0.2) is 0 Å². The first-order valence-electron chi connectivity index (χ1n) is 7.88. The second-order valence-electron chi connectivity index (χ2n) is 5.58. The zero-order chi connectivity index (χ0) is 17.1. The van der Waals surface area contributed by atoms with Crippen LogP contribution in [0.5, 0.6) is 0 Å².